The molecule has 0 aliphatic heterocycles. The van der Waals surface area contributed by atoms with Crippen LogP contribution in [-0.2, 0) is 4.74 Å². The second kappa shape index (κ2) is 7.84. The summed E-state index contributed by atoms with van der Waals surface area (Å²) in [5.74, 6) is 0. The maximum Gasteiger partial charge on any atom is 0.177 e. The molecule has 0 radical (unpaired) electrons. The fourth-order valence-corrected chi connectivity index (χ4v) is 3.03. The van der Waals surface area contributed by atoms with E-state index in [1.54, 1.807) is 0 Å². The van der Waals surface area contributed by atoms with Gasteiger partial charge in [-0.2, -0.15) is 4.39 Å². The summed E-state index contributed by atoms with van der Waals surface area (Å²) in [6.45, 7) is 7.98. The molecule has 0 bridgehead atoms. The number of hydrogen-bond donors (Lipinski definition) is 1. The lowest BCUT2D eigenvalue weighted by atomic mass is 10.1. The third-order valence-corrected chi connectivity index (χ3v) is 4.52. The predicted octanol–water partition coefficient (Wildman–Crippen LogP) is 3.43. The molecule has 21 heavy (non-hydrogen) atoms. The number of thiophene rings is 1. The Kier molecular flexibility index (Phi) is 6.11. The number of ether oxygens (including phenoxy) is 1. The fraction of sp³-hybridized carbons (Fsp3) is 0.500. The molecule has 0 saturated carbocycles. The minimum Gasteiger partial charge on any atom is -0.386 e. The summed E-state index contributed by atoms with van der Waals surface area (Å²) in [4.78, 5) is 2.27. The number of aliphatic hydroxyl groups is 1. The zero-order valence-corrected chi connectivity index (χ0v) is 13.3. The number of aliphatic hydroxyl groups excluding tert-OH is 1. The molecule has 2 aromatic rings. The van der Waals surface area contributed by atoms with Gasteiger partial charge in [-0.05, 0) is 42.2 Å². The number of hydrogen-bond acceptors (Lipinski definition) is 4. The average Bonchev–Trinajstić information content (AvgIpc) is 2.86. The molecule has 1 aromatic carbocycles. The average molecular weight is 311 g/mol. The minimum absolute atomic E-state index is 0.202. The summed E-state index contributed by atoms with van der Waals surface area (Å²) >= 11 is 1.12. The molecule has 3 nitrogen and oxygen atoms in total. The maximum atomic E-state index is 13.2. The van der Waals surface area contributed by atoms with E-state index in [0.717, 1.165) is 46.6 Å². The maximum absolute atomic E-state index is 13.2. The zero-order chi connectivity index (χ0) is 15.2. The van der Waals surface area contributed by atoms with Crippen molar-refractivity contribution in [2.75, 3.05) is 32.8 Å². The Balaban J connectivity index is 1.85. The number of halogens is 1. The van der Waals surface area contributed by atoms with Crippen LogP contribution in [0.1, 0.15) is 25.5 Å². The van der Waals surface area contributed by atoms with Crippen LogP contribution in [0.15, 0.2) is 24.3 Å². The van der Waals surface area contributed by atoms with E-state index in [9.17, 15) is 9.50 Å². The summed E-state index contributed by atoms with van der Waals surface area (Å²) < 4.78 is 19.6. The molecule has 0 fully saturated rings. The van der Waals surface area contributed by atoms with Crippen molar-refractivity contribution in [3.8, 4) is 0 Å². The first kappa shape index (κ1) is 16.4. The summed E-state index contributed by atoms with van der Waals surface area (Å²) in [6.07, 6.45) is -0.672. The summed E-state index contributed by atoms with van der Waals surface area (Å²) in [5.41, 5.74) is 0.767. The Morgan fingerprint density at radius 3 is 2.76 bits per heavy atom. The van der Waals surface area contributed by atoms with E-state index in [4.69, 9.17) is 4.74 Å². The molecule has 1 unspecified atom stereocenters. The van der Waals surface area contributed by atoms with Crippen molar-refractivity contribution in [2.24, 2.45) is 0 Å². The van der Waals surface area contributed by atoms with Gasteiger partial charge in [-0.25, -0.2) is 0 Å². The highest BCUT2D eigenvalue weighted by Gasteiger charge is 2.10. The van der Waals surface area contributed by atoms with Gasteiger partial charge in [0.05, 0.1) is 13.2 Å². The van der Waals surface area contributed by atoms with Crippen LogP contribution in [0, 0.1) is 5.13 Å². The molecule has 0 aliphatic rings. The van der Waals surface area contributed by atoms with Crippen LogP contribution in [0.25, 0.3) is 10.1 Å². The number of rotatable bonds is 8. The number of benzene rings is 1. The molecular formula is C16H22FNO2S. The van der Waals surface area contributed by atoms with Gasteiger partial charge in [-0.1, -0.05) is 19.9 Å². The highest BCUT2D eigenvalue weighted by atomic mass is 32.1. The van der Waals surface area contributed by atoms with Crippen molar-refractivity contribution in [2.45, 2.75) is 20.0 Å². The normalized spacial score (nSPS) is 13.2. The predicted molar refractivity (Wildman–Crippen MR) is 85.3 cm³/mol. The topological polar surface area (TPSA) is 32.7 Å². The van der Waals surface area contributed by atoms with Crippen LogP contribution >= 0.6 is 11.3 Å². The number of likely N-dealkylation sites (N-methyl/N-ethyl adjacent to an activating group) is 1. The van der Waals surface area contributed by atoms with Crippen molar-refractivity contribution in [3.63, 3.8) is 0 Å². The minimum atomic E-state index is -0.672. The van der Waals surface area contributed by atoms with Crippen molar-refractivity contribution in [3.05, 3.63) is 35.0 Å². The van der Waals surface area contributed by atoms with E-state index in [-0.39, 0.29) is 11.7 Å². The van der Waals surface area contributed by atoms with E-state index in [1.807, 2.05) is 18.2 Å². The molecule has 0 saturated heterocycles. The quantitative estimate of drug-likeness (QED) is 0.758. The van der Waals surface area contributed by atoms with Crippen LogP contribution in [0.5, 0.6) is 0 Å². The van der Waals surface area contributed by atoms with Gasteiger partial charge in [0.15, 0.2) is 5.13 Å². The standard InChI is InChI=1S/C16H22FNO2S/c1-3-18(4-2)7-8-20-11-14(19)12-5-6-15-13(9-12)10-16(17)21-15/h5-6,9-10,14,19H,3-4,7-8,11H2,1-2H3. The zero-order valence-electron chi connectivity index (χ0n) is 12.5. The molecule has 0 aliphatic carbocycles. The second-order valence-corrected chi connectivity index (χ2v) is 6.00. The Morgan fingerprint density at radius 1 is 1.29 bits per heavy atom. The molecule has 1 heterocycles. The Hall–Kier alpha value is -1.01. The van der Waals surface area contributed by atoms with Gasteiger partial charge in [0, 0.05) is 11.2 Å². The van der Waals surface area contributed by atoms with Gasteiger partial charge in [0.1, 0.15) is 6.10 Å². The molecule has 0 spiro atoms. The van der Waals surface area contributed by atoms with Crippen LogP contribution in [0.3, 0.4) is 0 Å². The van der Waals surface area contributed by atoms with Crippen LogP contribution in [0.2, 0.25) is 0 Å². The molecule has 0 amide bonds. The first-order valence-corrected chi connectivity index (χ1v) is 8.12. The first-order valence-electron chi connectivity index (χ1n) is 7.31. The Morgan fingerprint density at radius 2 is 2.05 bits per heavy atom. The molecule has 1 N–H and O–H groups in total. The van der Waals surface area contributed by atoms with E-state index in [0.29, 0.717) is 6.61 Å². The summed E-state index contributed by atoms with van der Waals surface area (Å²) in [6, 6.07) is 7.00. The summed E-state index contributed by atoms with van der Waals surface area (Å²) in [7, 11) is 0. The smallest absolute Gasteiger partial charge is 0.177 e. The van der Waals surface area contributed by atoms with Gasteiger partial charge in [0.25, 0.3) is 0 Å². The third-order valence-electron chi connectivity index (χ3n) is 3.62. The van der Waals surface area contributed by atoms with Gasteiger partial charge in [-0.3, -0.25) is 0 Å². The number of fused-ring (bicyclic) bond motifs is 1. The highest BCUT2D eigenvalue weighted by molar-refractivity contribution is 7.17. The monoisotopic (exact) mass is 311 g/mol. The van der Waals surface area contributed by atoms with Crippen molar-refractivity contribution in [1.82, 2.24) is 4.90 Å². The first-order chi connectivity index (χ1) is 10.1. The Bertz CT molecular complexity index is 568. The van der Waals surface area contributed by atoms with Gasteiger partial charge in [-0.15, -0.1) is 11.3 Å². The molecule has 1 aromatic heterocycles. The van der Waals surface area contributed by atoms with Crippen LogP contribution in [-0.4, -0.2) is 42.9 Å². The van der Waals surface area contributed by atoms with Crippen molar-refractivity contribution >= 4 is 21.4 Å². The summed E-state index contributed by atoms with van der Waals surface area (Å²) in [5, 5.41) is 10.8. The van der Waals surface area contributed by atoms with Gasteiger partial charge >= 0.3 is 0 Å². The largest absolute Gasteiger partial charge is 0.386 e. The molecule has 1 atom stereocenters. The second-order valence-electron chi connectivity index (χ2n) is 4.97. The SMILES string of the molecule is CCN(CC)CCOCC(O)c1ccc2sc(F)cc2c1. The van der Waals surface area contributed by atoms with Crippen LogP contribution in [0.4, 0.5) is 4.39 Å². The molecule has 2 rings (SSSR count). The lowest BCUT2D eigenvalue weighted by Crippen LogP contribution is -2.27. The van der Waals surface area contributed by atoms with E-state index in [2.05, 4.69) is 18.7 Å². The van der Waals surface area contributed by atoms with Gasteiger partial charge in [0.2, 0.25) is 0 Å². The van der Waals surface area contributed by atoms with E-state index < -0.39 is 6.10 Å². The molecule has 5 heteroatoms. The number of nitrogens with zero attached hydrogens (tertiary/aromatic N) is 1. The van der Waals surface area contributed by atoms with Gasteiger partial charge < -0.3 is 14.7 Å². The third kappa shape index (κ3) is 4.48. The van der Waals surface area contributed by atoms with Crippen LogP contribution < -0.4 is 0 Å². The van der Waals surface area contributed by atoms with Crippen molar-refractivity contribution in [1.29, 1.82) is 0 Å². The Labute approximate surface area is 129 Å². The lowest BCUT2D eigenvalue weighted by Gasteiger charge is -2.18. The fourth-order valence-electron chi connectivity index (χ4n) is 2.26. The molecule has 116 valence electrons. The lowest BCUT2D eigenvalue weighted by molar-refractivity contribution is 0.0274. The van der Waals surface area contributed by atoms with Crippen molar-refractivity contribution < 1.29 is 14.2 Å². The highest BCUT2D eigenvalue weighted by Crippen LogP contribution is 2.27. The molecular weight excluding hydrogens is 289 g/mol. The van der Waals surface area contributed by atoms with E-state index >= 15 is 0 Å². The van der Waals surface area contributed by atoms with E-state index in [1.165, 1.54) is 6.07 Å².